The Bertz CT molecular complexity index is 1010. The molecule has 1 amide bonds. The molecule has 7 heteroatoms. The van der Waals surface area contributed by atoms with Gasteiger partial charge in [0.2, 0.25) is 5.91 Å². The number of aromatic amines is 1. The van der Waals surface area contributed by atoms with Gasteiger partial charge in [-0.25, -0.2) is 0 Å². The lowest BCUT2D eigenvalue weighted by atomic mass is 10.1. The van der Waals surface area contributed by atoms with E-state index in [0.29, 0.717) is 23.7 Å². The number of nitrogens with one attached hydrogen (secondary N) is 1. The third-order valence-corrected chi connectivity index (χ3v) is 4.78. The quantitative estimate of drug-likeness (QED) is 0.618. The minimum atomic E-state index is -0.0568. The van der Waals surface area contributed by atoms with Gasteiger partial charge in [0, 0.05) is 12.6 Å². The number of rotatable bonds is 7. The van der Waals surface area contributed by atoms with Crippen molar-refractivity contribution in [3.63, 3.8) is 0 Å². The summed E-state index contributed by atoms with van der Waals surface area (Å²) >= 11 is 5.32. The molecule has 2 aromatic carbocycles. The molecule has 28 heavy (non-hydrogen) atoms. The Kier molecular flexibility index (Phi) is 6.26. The third-order valence-electron chi connectivity index (χ3n) is 4.47. The number of aryl methyl sites for hydroxylation is 2. The molecule has 0 unspecified atom stereocenters. The highest BCUT2D eigenvalue weighted by Crippen LogP contribution is 2.18. The molecule has 1 N–H and O–H groups in total. The fourth-order valence-electron chi connectivity index (χ4n) is 2.77. The summed E-state index contributed by atoms with van der Waals surface area (Å²) < 4.78 is 7.88. The molecule has 3 rings (SSSR count). The predicted octanol–water partition coefficient (Wildman–Crippen LogP) is 3.76. The normalized spacial score (nSPS) is 10.7. The standard InChI is InChI=1S/C21H24N4O2S/c1-15-7-9-17(10-8-15)20-22-23-21(28)25(20)14-19(26)24(3)11-12-27-18-6-4-5-16(2)13-18/h4-10,13H,11-12,14H2,1-3H3,(H,23,28). The van der Waals surface area contributed by atoms with Gasteiger partial charge in [0.25, 0.3) is 0 Å². The molecule has 0 saturated heterocycles. The van der Waals surface area contributed by atoms with Crippen molar-refractivity contribution in [3.8, 4) is 17.1 Å². The average molecular weight is 397 g/mol. The van der Waals surface area contributed by atoms with Crippen LogP contribution < -0.4 is 4.74 Å². The van der Waals surface area contributed by atoms with Crippen molar-refractivity contribution < 1.29 is 9.53 Å². The first-order valence-electron chi connectivity index (χ1n) is 9.10. The molecule has 3 aromatic rings. The van der Waals surface area contributed by atoms with E-state index >= 15 is 0 Å². The number of hydrogen-bond donors (Lipinski definition) is 1. The lowest BCUT2D eigenvalue weighted by Gasteiger charge is -2.18. The Morgan fingerprint density at radius 2 is 1.93 bits per heavy atom. The van der Waals surface area contributed by atoms with Gasteiger partial charge in [-0.05, 0) is 43.8 Å². The molecular weight excluding hydrogens is 372 g/mol. The second-order valence-electron chi connectivity index (χ2n) is 6.78. The zero-order chi connectivity index (χ0) is 20.1. The molecule has 6 nitrogen and oxygen atoms in total. The van der Waals surface area contributed by atoms with E-state index in [1.165, 1.54) is 0 Å². The molecule has 0 aliphatic rings. The summed E-state index contributed by atoms with van der Waals surface area (Å²) in [5.41, 5.74) is 3.21. The SMILES string of the molecule is Cc1ccc(-c2n[nH]c(=S)n2CC(=O)N(C)CCOc2cccc(C)c2)cc1. The summed E-state index contributed by atoms with van der Waals surface area (Å²) in [5.74, 6) is 1.40. The molecule has 146 valence electrons. The third kappa shape index (κ3) is 4.86. The van der Waals surface area contributed by atoms with Crippen molar-refractivity contribution in [2.24, 2.45) is 0 Å². The summed E-state index contributed by atoms with van der Waals surface area (Å²) in [5, 5.41) is 7.07. The Hall–Kier alpha value is -2.93. The summed E-state index contributed by atoms with van der Waals surface area (Å²) in [6, 6.07) is 15.8. The van der Waals surface area contributed by atoms with E-state index in [2.05, 4.69) is 10.2 Å². The Morgan fingerprint density at radius 1 is 1.18 bits per heavy atom. The number of hydrogen-bond acceptors (Lipinski definition) is 4. The average Bonchev–Trinajstić information content (AvgIpc) is 3.03. The molecule has 0 fully saturated rings. The monoisotopic (exact) mass is 396 g/mol. The van der Waals surface area contributed by atoms with E-state index < -0.39 is 0 Å². The van der Waals surface area contributed by atoms with Crippen LogP contribution >= 0.6 is 12.2 Å². The highest BCUT2D eigenvalue weighted by Gasteiger charge is 2.15. The first kappa shape index (κ1) is 19.8. The van der Waals surface area contributed by atoms with Crippen LogP contribution in [0.25, 0.3) is 11.4 Å². The van der Waals surface area contributed by atoms with Crippen molar-refractivity contribution >= 4 is 18.1 Å². The van der Waals surface area contributed by atoms with Crippen molar-refractivity contribution in [1.82, 2.24) is 19.7 Å². The van der Waals surface area contributed by atoms with Crippen LogP contribution in [-0.4, -0.2) is 45.8 Å². The largest absolute Gasteiger partial charge is 0.492 e. The minimum Gasteiger partial charge on any atom is -0.492 e. The smallest absolute Gasteiger partial charge is 0.242 e. The maximum Gasteiger partial charge on any atom is 0.242 e. The van der Waals surface area contributed by atoms with Gasteiger partial charge in [0.15, 0.2) is 10.6 Å². The van der Waals surface area contributed by atoms with E-state index in [4.69, 9.17) is 17.0 Å². The predicted molar refractivity (Wildman–Crippen MR) is 112 cm³/mol. The second-order valence-corrected chi connectivity index (χ2v) is 7.17. The number of carbonyl (C=O) groups is 1. The van der Waals surface area contributed by atoms with Crippen LogP contribution in [-0.2, 0) is 11.3 Å². The zero-order valence-electron chi connectivity index (χ0n) is 16.3. The number of amides is 1. The highest BCUT2D eigenvalue weighted by molar-refractivity contribution is 7.71. The first-order valence-corrected chi connectivity index (χ1v) is 9.50. The van der Waals surface area contributed by atoms with Gasteiger partial charge in [-0.1, -0.05) is 42.0 Å². The second kappa shape index (κ2) is 8.84. The Morgan fingerprint density at radius 3 is 2.64 bits per heavy atom. The number of carbonyl (C=O) groups excluding carboxylic acids is 1. The molecule has 0 bridgehead atoms. The fraction of sp³-hybridized carbons (Fsp3) is 0.286. The van der Waals surface area contributed by atoms with E-state index in [1.807, 2.05) is 62.4 Å². The van der Waals surface area contributed by atoms with Crippen LogP contribution in [0.2, 0.25) is 0 Å². The van der Waals surface area contributed by atoms with Gasteiger partial charge in [-0.3, -0.25) is 14.5 Å². The summed E-state index contributed by atoms with van der Waals surface area (Å²) in [6.45, 7) is 5.07. The zero-order valence-corrected chi connectivity index (χ0v) is 17.1. The number of benzene rings is 2. The van der Waals surface area contributed by atoms with E-state index in [9.17, 15) is 4.79 Å². The minimum absolute atomic E-state index is 0.0568. The van der Waals surface area contributed by atoms with Crippen molar-refractivity contribution in [3.05, 3.63) is 64.4 Å². The molecule has 1 aromatic heterocycles. The van der Waals surface area contributed by atoms with Gasteiger partial charge in [0.1, 0.15) is 18.9 Å². The van der Waals surface area contributed by atoms with Crippen molar-refractivity contribution in [2.75, 3.05) is 20.2 Å². The van der Waals surface area contributed by atoms with Crippen LogP contribution in [0.3, 0.4) is 0 Å². The van der Waals surface area contributed by atoms with E-state index in [1.54, 1.807) is 16.5 Å². The molecule has 0 saturated carbocycles. The van der Waals surface area contributed by atoms with Crippen LogP contribution in [0, 0.1) is 18.6 Å². The molecule has 1 heterocycles. The topological polar surface area (TPSA) is 63.2 Å². The van der Waals surface area contributed by atoms with Crippen molar-refractivity contribution in [2.45, 2.75) is 20.4 Å². The summed E-state index contributed by atoms with van der Waals surface area (Å²) in [4.78, 5) is 14.3. The van der Waals surface area contributed by atoms with Gasteiger partial charge < -0.3 is 9.64 Å². The number of ether oxygens (including phenoxy) is 1. The lowest BCUT2D eigenvalue weighted by molar-refractivity contribution is -0.130. The van der Waals surface area contributed by atoms with Crippen LogP contribution in [0.1, 0.15) is 11.1 Å². The first-order chi connectivity index (χ1) is 13.4. The summed E-state index contributed by atoms with van der Waals surface area (Å²) in [7, 11) is 1.76. The van der Waals surface area contributed by atoms with Crippen LogP contribution in [0.4, 0.5) is 0 Å². The summed E-state index contributed by atoms with van der Waals surface area (Å²) in [6.07, 6.45) is 0. The van der Waals surface area contributed by atoms with Gasteiger partial charge >= 0.3 is 0 Å². The maximum absolute atomic E-state index is 12.7. The van der Waals surface area contributed by atoms with Crippen LogP contribution in [0.15, 0.2) is 48.5 Å². The molecule has 0 aliphatic carbocycles. The molecule has 0 atom stereocenters. The molecule has 0 radical (unpaired) electrons. The number of H-pyrrole nitrogens is 1. The fourth-order valence-corrected chi connectivity index (χ4v) is 2.97. The Balaban J connectivity index is 1.62. The molecular formula is C21H24N4O2S. The van der Waals surface area contributed by atoms with Gasteiger partial charge in [-0.15, -0.1) is 0 Å². The number of likely N-dealkylation sites (N-methyl/N-ethyl adjacent to an activating group) is 1. The van der Waals surface area contributed by atoms with Gasteiger partial charge in [-0.2, -0.15) is 5.10 Å². The highest BCUT2D eigenvalue weighted by atomic mass is 32.1. The lowest BCUT2D eigenvalue weighted by Crippen LogP contribution is -2.33. The van der Waals surface area contributed by atoms with E-state index in [-0.39, 0.29) is 12.5 Å². The molecule has 0 aliphatic heterocycles. The number of aromatic nitrogens is 3. The van der Waals surface area contributed by atoms with E-state index in [0.717, 1.165) is 22.4 Å². The van der Waals surface area contributed by atoms with Crippen LogP contribution in [0.5, 0.6) is 5.75 Å². The number of nitrogens with zero attached hydrogens (tertiary/aromatic N) is 3. The Labute approximate surface area is 169 Å². The van der Waals surface area contributed by atoms with Gasteiger partial charge in [0.05, 0.1) is 6.54 Å². The van der Waals surface area contributed by atoms with Crippen molar-refractivity contribution in [1.29, 1.82) is 0 Å². The molecule has 0 spiro atoms. The maximum atomic E-state index is 12.7.